The van der Waals surface area contributed by atoms with Gasteiger partial charge in [-0.05, 0) is 170 Å². The Bertz CT molecular complexity index is 900. The highest BCUT2D eigenvalue weighted by Crippen LogP contribution is 2.02. The molecule has 63 nitrogen and oxygen atoms in total. The summed E-state index contributed by atoms with van der Waals surface area (Å²) in [6, 6.07) is 0. The first-order valence-corrected chi connectivity index (χ1v) is 11.9. The van der Waals surface area contributed by atoms with Gasteiger partial charge >= 0.3 is 10.4 Å². The van der Waals surface area contributed by atoms with Crippen LogP contribution in [0.15, 0.2) is 0 Å². The normalized spacial score (nSPS) is 12.0. The third-order valence-corrected chi connectivity index (χ3v) is 2.20. The molecule has 0 heterocycles. The average molecular weight is 1040 g/mol. The molecule has 0 atom stereocenters. The summed E-state index contributed by atoms with van der Waals surface area (Å²) < 4.78 is 28.9. The third-order valence-electron chi connectivity index (χ3n) is 1.76. The lowest BCUT2D eigenvalue weighted by atomic mass is 14.0. The van der Waals surface area contributed by atoms with Crippen LogP contribution in [-0.4, -0.2) is 18.9 Å². The Morgan fingerprint density at radius 1 is 0.156 bits per heavy atom. The molecule has 64 heavy (non-hydrogen) atoms. The summed E-state index contributed by atoms with van der Waals surface area (Å²) >= 11 is 0. The molecule has 0 amide bonds. The molecular formula is H2O63S. The quantitative estimate of drug-likeness (QED) is 0.0328. The Kier molecular flexibility index (Phi) is 52.7. The lowest BCUT2D eigenvalue weighted by molar-refractivity contribution is -0.905. The van der Waals surface area contributed by atoms with Crippen molar-refractivity contribution in [1.82, 2.24) is 0 Å². The maximum atomic E-state index is 11.1. The number of hydrogen-bond acceptors (Lipinski definition) is 63. The summed E-state index contributed by atoms with van der Waals surface area (Å²) in [5, 5.41) is 210. The van der Waals surface area contributed by atoms with Crippen LogP contribution in [0, 0.1) is 0 Å². The van der Waals surface area contributed by atoms with E-state index in [0.717, 1.165) is 0 Å². The van der Waals surface area contributed by atoms with E-state index in [2.05, 4.69) is 296 Å². The zero-order valence-electron chi connectivity index (χ0n) is 26.2. The van der Waals surface area contributed by atoms with E-state index in [4.69, 9.17) is 10.5 Å². The second kappa shape index (κ2) is 54.8. The van der Waals surface area contributed by atoms with Crippen molar-refractivity contribution >= 4 is 10.4 Å². The van der Waals surface area contributed by atoms with Crippen molar-refractivity contribution in [3.8, 4) is 0 Å². The lowest BCUT2D eigenvalue weighted by Gasteiger charge is -2.01. The molecular weight excluding hydrogens is 1040 g/mol. The van der Waals surface area contributed by atoms with Crippen LogP contribution in [0.25, 0.3) is 0 Å². The van der Waals surface area contributed by atoms with E-state index in [0.29, 0.717) is 0 Å². The van der Waals surface area contributed by atoms with Crippen LogP contribution in [0.3, 0.4) is 0 Å². The molecule has 0 fully saturated rings. The minimum absolute atomic E-state index is 2.87. The minimum Gasteiger partial charge on any atom is -0.219 e. The highest BCUT2D eigenvalue weighted by Gasteiger charge is 2.18. The van der Waals surface area contributed by atoms with Gasteiger partial charge in [-0.25, -0.2) is 10.5 Å². The van der Waals surface area contributed by atoms with E-state index in [1.165, 1.54) is 0 Å². The maximum Gasteiger partial charge on any atom is 0.457 e. The highest BCUT2D eigenvalue weighted by atomic mass is 32.3. The Hall–Kier alpha value is -2.49. The predicted octanol–water partition coefficient (Wildman–Crippen LogP) is -4.69. The van der Waals surface area contributed by atoms with Gasteiger partial charge < -0.3 is 0 Å². The Balaban J connectivity index is 3.22. The van der Waals surface area contributed by atoms with Gasteiger partial charge in [0.1, 0.15) is 0 Å². The fraction of sp³-hybridized carbons (Fsp3) is 0. The van der Waals surface area contributed by atoms with Crippen LogP contribution in [-0.2, 0) is 306 Å². The van der Waals surface area contributed by atoms with Crippen LogP contribution >= 0.6 is 0 Å². The van der Waals surface area contributed by atoms with E-state index in [1.54, 1.807) is 0 Å². The molecule has 0 aromatic carbocycles. The summed E-state index contributed by atoms with van der Waals surface area (Å²) in [5.41, 5.74) is 0. The molecule has 0 aromatic rings. The smallest absolute Gasteiger partial charge is 0.219 e. The molecule has 0 aliphatic carbocycles. The first-order valence-electron chi connectivity index (χ1n) is 10.5. The summed E-state index contributed by atoms with van der Waals surface area (Å²) in [7, 11) is -5.30. The molecule has 386 valence electrons. The van der Waals surface area contributed by atoms with Gasteiger partial charge in [-0.3, -0.25) is 0 Å². The Labute approximate surface area is 327 Å². The van der Waals surface area contributed by atoms with Gasteiger partial charge in [0.2, 0.25) is 0 Å². The predicted molar refractivity (Wildman–Crippen MR) is 78.2 cm³/mol. The molecule has 64 heteroatoms. The summed E-state index contributed by atoms with van der Waals surface area (Å²) in [6.45, 7) is 0. The molecule has 0 bridgehead atoms. The monoisotopic (exact) mass is 1040 g/mol. The van der Waals surface area contributed by atoms with Crippen LogP contribution in [0.2, 0.25) is 0 Å². The first kappa shape index (κ1) is 61.5. The average Bonchev–Trinajstić information content (AvgIpc) is 3.29. The summed E-state index contributed by atoms with van der Waals surface area (Å²) in [6.07, 6.45) is 0. The standard InChI is InChI=1S/H2O63S/c1-5-7-9-11-13-15-17-19-21-23-25-27-29-31-33-35-37-39-41-43-45-47-49-51-53-55-57-59-61-63-64(3,4)62-60-58-56-54-52-50-48-46-44-42-40-38-36-34-32-30-28-26-24-22-20-18-16-14-12-10-8-6-2/h1-2H. The van der Waals surface area contributed by atoms with Crippen molar-refractivity contribution < 1.29 is 315 Å². The maximum absolute atomic E-state index is 11.1. The topological polar surface area (TPSA) is 619 Å². The largest absolute Gasteiger partial charge is 0.457 e. The molecule has 0 rings (SSSR count). The summed E-state index contributed by atoms with van der Waals surface area (Å²) in [4.78, 5) is 0. The van der Waals surface area contributed by atoms with Gasteiger partial charge in [0.15, 0.2) is 0 Å². The van der Waals surface area contributed by atoms with Crippen LogP contribution < -0.4 is 0 Å². The summed E-state index contributed by atoms with van der Waals surface area (Å²) in [5.74, 6) is 0. The molecule has 0 aromatic heterocycles. The van der Waals surface area contributed by atoms with E-state index >= 15 is 0 Å². The molecule has 0 unspecified atom stereocenters. The van der Waals surface area contributed by atoms with Crippen molar-refractivity contribution in [1.29, 1.82) is 0 Å². The van der Waals surface area contributed by atoms with Gasteiger partial charge in [0, 0.05) is 126 Å². The molecule has 0 aliphatic rings. The SMILES string of the molecule is O=S(=O)(OOOOOOOOOOOOOOOOOOOOOOOOOOOOOO)OOOOOOOOOOOOOOOOOOOOOOOOOOOOOOO. The van der Waals surface area contributed by atoms with E-state index < -0.39 is 10.4 Å². The Morgan fingerprint density at radius 3 is 0.359 bits per heavy atom. The van der Waals surface area contributed by atoms with E-state index in [-0.39, 0.29) is 0 Å². The fourth-order valence-corrected chi connectivity index (χ4v) is 0.909. The third kappa shape index (κ3) is 55.6. The highest BCUT2D eigenvalue weighted by molar-refractivity contribution is 7.81. The van der Waals surface area contributed by atoms with E-state index in [1.807, 2.05) is 0 Å². The second-order valence-corrected chi connectivity index (χ2v) is 5.52. The van der Waals surface area contributed by atoms with Crippen molar-refractivity contribution in [2.75, 3.05) is 0 Å². The lowest BCUT2D eigenvalue weighted by Crippen LogP contribution is -2.13. The number of rotatable bonds is 59. The van der Waals surface area contributed by atoms with Gasteiger partial charge in [0.25, 0.3) is 0 Å². The second-order valence-electron chi connectivity index (χ2n) is 4.44. The molecule has 0 radical (unpaired) electrons. The molecule has 0 saturated carbocycles. The zero-order valence-corrected chi connectivity index (χ0v) is 27.0. The zero-order chi connectivity index (χ0) is 46.2. The van der Waals surface area contributed by atoms with Gasteiger partial charge in [0.05, 0.1) is 0 Å². The van der Waals surface area contributed by atoms with Crippen molar-refractivity contribution in [3.63, 3.8) is 0 Å². The molecule has 0 spiro atoms. The van der Waals surface area contributed by atoms with Gasteiger partial charge in [-0.2, -0.15) is 8.42 Å². The Morgan fingerprint density at radius 2 is 0.250 bits per heavy atom. The van der Waals surface area contributed by atoms with Gasteiger partial charge in [-0.1, -0.05) is 0 Å². The number of hydrogen-bond donors (Lipinski definition) is 2. The van der Waals surface area contributed by atoms with Crippen LogP contribution in [0.1, 0.15) is 0 Å². The van der Waals surface area contributed by atoms with Crippen molar-refractivity contribution in [2.45, 2.75) is 0 Å². The van der Waals surface area contributed by atoms with Crippen LogP contribution in [0.5, 0.6) is 0 Å². The van der Waals surface area contributed by atoms with E-state index in [9.17, 15) is 8.42 Å². The van der Waals surface area contributed by atoms with Crippen molar-refractivity contribution in [3.05, 3.63) is 0 Å². The molecule has 0 aliphatic heterocycles. The fourth-order valence-electron chi connectivity index (χ4n) is 0.705. The minimum atomic E-state index is -5.30. The van der Waals surface area contributed by atoms with Crippen molar-refractivity contribution in [2.24, 2.45) is 0 Å². The molecule has 2 N–H and O–H groups in total. The first-order chi connectivity index (χ1) is 31.6. The van der Waals surface area contributed by atoms with Gasteiger partial charge in [-0.15, -0.1) is 0 Å². The molecule has 0 saturated heterocycles. The van der Waals surface area contributed by atoms with Crippen LogP contribution in [0.4, 0.5) is 0 Å².